The Morgan fingerprint density at radius 1 is 1.13 bits per heavy atom. The number of pyridine rings is 1. The molecule has 2 rings (SSSR count). The molecule has 0 bridgehead atoms. The summed E-state index contributed by atoms with van der Waals surface area (Å²) >= 11 is 0. The van der Waals surface area contributed by atoms with Crippen molar-refractivity contribution in [3.63, 3.8) is 0 Å². The van der Waals surface area contributed by atoms with Crippen LogP contribution in [0.4, 0.5) is 0 Å². The van der Waals surface area contributed by atoms with Crippen LogP contribution in [-0.4, -0.2) is 17.5 Å². The van der Waals surface area contributed by atoms with Crippen molar-refractivity contribution >= 4 is 29.9 Å². The zero-order valence-corrected chi connectivity index (χ0v) is 16.2. The number of hydrogen-bond acceptors (Lipinski definition) is 2. The van der Waals surface area contributed by atoms with Crippen LogP contribution in [0.15, 0.2) is 53.5 Å². The maximum atomic E-state index is 4.62. The van der Waals surface area contributed by atoms with Crippen molar-refractivity contribution in [1.82, 2.24) is 15.6 Å². The van der Waals surface area contributed by atoms with E-state index in [1.807, 2.05) is 43.3 Å². The second-order valence-electron chi connectivity index (χ2n) is 5.24. The highest BCUT2D eigenvalue weighted by atomic mass is 127. The summed E-state index contributed by atoms with van der Waals surface area (Å²) in [6.07, 6.45) is 0. The van der Waals surface area contributed by atoms with Gasteiger partial charge in [-0.25, -0.2) is 4.99 Å². The predicted molar refractivity (Wildman–Crippen MR) is 107 cm³/mol. The van der Waals surface area contributed by atoms with Crippen LogP contribution in [0.25, 0.3) is 0 Å². The van der Waals surface area contributed by atoms with Crippen molar-refractivity contribution in [2.75, 3.05) is 6.54 Å². The van der Waals surface area contributed by atoms with Gasteiger partial charge in [0.2, 0.25) is 0 Å². The number of aliphatic imine (C=N–C) groups is 1. The molecule has 1 unspecified atom stereocenters. The first-order valence-corrected chi connectivity index (χ1v) is 7.71. The average molecular weight is 424 g/mol. The summed E-state index contributed by atoms with van der Waals surface area (Å²) in [6.45, 7) is 7.59. The minimum atomic E-state index is 0. The van der Waals surface area contributed by atoms with Gasteiger partial charge in [0.15, 0.2) is 5.96 Å². The van der Waals surface area contributed by atoms with Crippen molar-refractivity contribution in [3.05, 3.63) is 65.5 Å². The number of benzene rings is 1. The van der Waals surface area contributed by atoms with Crippen LogP contribution in [0, 0.1) is 6.92 Å². The fourth-order valence-electron chi connectivity index (χ4n) is 2.20. The average Bonchev–Trinajstić information content (AvgIpc) is 2.54. The zero-order chi connectivity index (χ0) is 15.8. The first kappa shape index (κ1) is 19.4. The van der Waals surface area contributed by atoms with Crippen molar-refractivity contribution in [1.29, 1.82) is 0 Å². The lowest BCUT2D eigenvalue weighted by atomic mass is 10.1. The van der Waals surface area contributed by atoms with E-state index < -0.39 is 0 Å². The van der Waals surface area contributed by atoms with Gasteiger partial charge in [0.25, 0.3) is 0 Å². The minimum absolute atomic E-state index is 0. The van der Waals surface area contributed by atoms with E-state index >= 15 is 0 Å². The Kier molecular flexibility index (Phi) is 8.61. The highest BCUT2D eigenvalue weighted by molar-refractivity contribution is 14.0. The second kappa shape index (κ2) is 10.2. The van der Waals surface area contributed by atoms with Gasteiger partial charge < -0.3 is 10.6 Å². The molecule has 1 aromatic carbocycles. The molecule has 0 saturated heterocycles. The van der Waals surface area contributed by atoms with Gasteiger partial charge in [0.05, 0.1) is 18.3 Å². The van der Waals surface area contributed by atoms with Crippen molar-refractivity contribution < 1.29 is 0 Å². The zero-order valence-electron chi connectivity index (χ0n) is 13.9. The largest absolute Gasteiger partial charge is 0.357 e. The number of aryl methyl sites for hydroxylation is 1. The van der Waals surface area contributed by atoms with Crippen molar-refractivity contribution in [2.24, 2.45) is 4.99 Å². The van der Waals surface area contributed by atoms with E-state index in [4.69, 9.17) is 0 Å². The van der Waals surface area contributed by atoms with Crippen LogP contribution < -0.4 is 10.6 Å². The van der Waals surface area contributed by atoms with Gasteiger partial charge in [-0.05, 0) is 38.5 Å². The molecule has 1 aromatic heterocycles. The van der Waals surface area contributed by atoms with Crippen LogP contribution in [0.3, 0.4) is 0 Å². The molecule has 4 nitrogen and oxygen atoms in total. The Morgan fingerprint density at radius 2 is 1.87 bits per heavy atom. The number of rotatable bonds is 5. The monoisotopic (exact) mass is 424 g/mol. The topological polar surface area (TPSA) is 49.3 Å². The molecular weight excluding hydrogens is 399 g/mol. The SMILES string of the molecule is CCNC(=NCc1cccc(C)n1)NC(C)c1ccccc1.I. The third-order valence-corrected chi connectivity index (χ3v) is 3.34. The molecule has 0 spiro atoms. The highest BCUT2D eigenvalue weighted by Gasteiger charge is 2.07. The summed E-state index contributed by atoms with van der Waals surface area (Å²) in [5.74, 6) is 0.808. The number of guanidine groups is 1. The summed E-state index contributed by atoms with van der Waals surface area (Å²) < 4.78 is 0. The lowest BCUT2D eigenvalue weighted by molar-refractivity contribution is 0.685. The van der Waals surface area contributed by atoms with Gasteiger partial charge in [-0.2, -0.15) is 0 Å². The molecule has 0 fully saturated rings. The van der Waals surface area contributed by atoms with Crippen LogP contribution in [0.2, 0.25) is 0 Å². The van der Waals surface area contributed by atoms with Gasteiger partial charge in [0.1, 0.15) is 0 Å². The molecule has 0 saturated carbocycles. The van der Waals surface area contributed by atoms with E-state index in [2.05, 4.69) is 46.6 Å². The number of hydrogen-bond donors (Lipinski definition) is 2. The normalized spacial score (nSPS) is 12.2. The summed E-state index contributed by atoms with van der Waals surface area (Å²) in [4.78, 5) is 9.10. The maximum Gasteiger partial charge on any atom is 0.192 e. The van der Waals surface area contributed by atoms with E-state index in [1.165, 1.54) is 5.56 Å². The summed E-state index contributed by atoms with van der Waals surface area (Å²) in [6, 6.07) is 16.6. The molecule has 1 heterocycles. The standard InChI is InChI=1S/C18H24N4.HI/c1-4-19-18(20-13-17-12-8-9-14(2)21-17)22-15(3)16-10-6-5-7-11-16;/h5-12,15H,4,13H2,1-3H3,(H2,19,20,22);1H. The van der Waals surface area contributed by atoms with E-state index in [0.717, 1.165) is 23.9 Å². The first-order valence-electron chi connectivity index (χ1n) is 7.71. The van der Waals surface area contributed by atoms with E-state index in [1.54, 1.807) is 0 Å². The molecule has 0 radical (unpaired) electrons. The smallest absolute Gasteiger partial charge is 0.192 e. The van der Waals surface area contributed by atoms with Crippen molar-refractivity contribution in [2.45, 2.75) is 33.4 Å². The Balaban J connectivity index is 0.00000264. The Morgan fingerprint density at radius 3 is 2.52 bits per heavy atom. The van der Waals surface area contributed by atoms with Gasteiger partial charge >= 0.3 is 0 Å². The molecule has 124 valence electrons. The van der Waals surface area contributed by atoms with E-state index in [9.17, 15) is 0 Å². The quantitative estimate of drug-likeness (QED) is 0.436. The fourth-order valence-corrected chi connectivity index (χ4v) is 2.20. The molecular formula is C18H25IN4. The minimum Gasteiger partial charge on any atom is -0.357 e. The molecule has 2 aromatic rings. The van der Waals surface area contributed by atoms with Crippen molar-refractivity contribution in [3.8, 4) is 0 Å². The van der Waals surface area contributed by atoms with E-state index in [-0.39, 0.29) is 30.0 Å². The van der Waals surface area contributed by atoms with Crippen LogP contribution in [0.1, 0.15) is 36.8 Å². The number of aromatic nitrogens is 1. The van der Waals surface area contributed by atoms with E-state index in [0.29, 0.717) is 6.54 Å². The number of nitrogens with one attached hydrogen (secondary N) is 2. The Bertz CT molecular complexity index is 613. The third-order valence-electron chi connectivity index (χ3n) is 3.34. The first-order chi connectivity index (χ1) is 10.7. The Hall–Kier alpha value is -1.63. The molecule has 0 amide bonds. The van der Waals surface area contributed by atoms with Gasteiger partial charge in [-0.1, -0.05) is 36.4 Å². The number of halogens is 1. The molecule has 2 N–H and O–H groups in total. The van der Waals surface area contributed by atoms with Gasteiger partial charge in [-0.3, -0.25) is 4.98 Å². The van der Waals surface area contributed by atoms with Crippen LogP contribution in [0.5, 0.6) is 0 Å². The molecule has 0 aliphatic rings. The number of nitrogens with zero attached hydrogens (tertiary/aromatic N) is 2. The highest BCUT2D eigenvalue weighted by Crippen LogP contribution is 2.10. The summed E-state index contributed by atoms with van der Waals surface area (Å²) in [5.41, 5.74) is 3.23. The molecule has 0 aliphatic carbocycles. The molecule has 1 atom stereocenters. The summed E-state index contributed by atoms with van der Waals surface area (Å²) in [7, 11) is 0. The van der Waals surface area contributed by atoms with Gasteiger partial charge in [-0.15, -0.1) is 24.0 Å². The lowest BCUT2D eigenvalue weighted by Gasteiger charge is -2.18. The maximum absolute atomic E-state index is 4.62. The predicted octanol–water partition coefficient (Wildman–Crippen LogP) is 3.82. The van der Waals surface area contributed by atoms with Crippen LogP contribution >= 0.6 is 24.0 Å². The molecule has 0 aliphatic heterocycles. The van der Waals surface area contributed by atoms with Crippen LogP contribution in [-0.2, 0) is 6.54 Å². The third kappa shape index (κ3) is 6.56. The Labute approximate surface area is 155 Å². The second-order valence-corrected chi connectivity index (χ2v) is 5.24. The van der Waals surface area contributed by atoms with Gasteiger partial charge in [0, 0.05) is 12.2 Å². The summed E-state index contributed by atoms with van der Waals surface area (Å²) in [5, 5.41) is 6.71. The lowest BCUT2D eigenvalue weighted by Crippen LogP contribution is -2.38. The fraction of sp³-hybridized carbons (Fsp3) is 0.333. The molecule has 23 heavy (non-hydrogen) atoms. The molecule has 5 heteroatoms.